The molecule has 3 rings (SSSR count). The second-order valence-electron chi connectivity index (χ2n) is 9.60. The standard InChI is InChI=1S/C27H40N2O4S/c1-5-12-28(15-22(30)18-32-17-20(2)3)16-27(31)29-13-10-26-24(11-14-34-26)25(29)19-33-23-8-6-21(4)7-9-23/h6-9,11,14,20,22,25,30H,5,10,12-13,15-19H2,1-4H3/t22-,25-/m1/s1. The number of aryl methyl sites for hydroxylation is 1. The number of aliphatic hydroxyl groups is 1. The van der Waals surface area contributed by atoms with Crippen LogP contribution >= 0.6 is 11.3 Å². The van der Waals surface area contributed by atoms with Gasteiger partial charge in [0.15, 0.2) is 0 Å². The van der Waals surface area contributed by atoms with Crippen LogP contribution in [0.25, 0.3) is 0 Å². The molecule has 2 heterocycles. The lowest BCUT2D eigenvalue weighted by Crippen LogP contribution is -2.48. The minimum atomic E-state index is -0.608. The number of thiophene rings is 1. The van der Waals surface area contributed by atoms with Gasteiger partial charge in [-0.05, 0) is 61.4 Å². The molecule has 1 aliphatic heterocycles. The number of rotatable bonds is 13. The lowest BCUT2D eigenvalue weighted by atomic mass is 10.0. The second-order valence-corrected chi connectivity index (χ2v) is 10.6. The number of aliphatic hydroxyl groups excluding tert-OH is 1. The Kier molecular flexibility index (Phi) is 10.4. The van der Waals surface area contributed by atoms with E-state index in [1.165, 1.54) is 16.0 Å². The van der Waals surface area contributed by atoms with Crippen LogP contribution in [-0.2, 0) is 16.0 Å². The zero-order valence-electron chi connectivity index (χ0n) is 21.0. The van der Waals surface area contributed by atoms with Gasteiger partial charge in [0.25, 0.3) is 0 Å². The summed E-state index contributed by atoms with van der Waals surface area (Å²) >= 11 is 1.76. The van der Waals surface area contributed by atoms with Crippen LogP contribution in [0.5, 0.6) is 5.75 Å². The highest BCUT2D eigenvalue weighted by molar-refractivity contribution is 7.10. The van der Waals surface area contributed by atoms with Gasteiger partial charge in [-0.1, -0.05) is 38.5 Å². The van der Waals surface area contributed by atoms with Gasteiger partial charge in [0, 0.05) is 24.6 Å². The van der Waals surface area contributed by atoms with Crippen molar-refractivity contribution >= 4 is 17.2 Å². The molecule has 0 aliphatic carbocycles. The summed E-state index contributed by atoms with van der Waals surface area (Å²) < 4.78 is 11.7. The van der Waals surface area contributed by atoms with Gasteiger partial charge >= 0.3 is 0 Å². The topological polar surface area (TPSA) is 62.2 Å². The van der Waals surface area contributed by atoms with Gasteiger partial charge < -0.3 is 19.5 Å². The van der Waals surface area contributed by atoms with Crippen LogP contribution in [0.2, 0.25) is 0 Å². The van der Waals surface area contributed by atoms with Gasteiger partial charge in [0.1, 0.15) is 12.4 Å². The predicted octanol–water partition coefficient (Wildman–Crippen LogP) is 4.31. The van der Waals surface area contributed by atoms with Crippen molar-refractivity contribution in [2.75, 3.05) is 46.0 Å². The van der Waals surface area contributed by atoms with E-state index >= 15 is 0 Å². The molecular weight excluding hydrogens is 448 g/mol. The number of nitrogens with zero attached hydrogens (tertiary/aromatic N) is 2. The number of benzene rings is 1. The SMILES string of the molecule is CCCN(CC(=O)N1CCc2sccc2[C@H]1COc1ccc(C)cc1)C[C@@H](O)COCC(C)C. The number of amides is 1. The zero-order chi connectivity index (χ0) is 24.5. The minimum absolute atomic E-state index is 0.0816. The Labute approximate surface area is 208 Å². The Balaban J connectivity index is 1.64. The number of fused-ring (bicyclic) bond motifs is 1. The number of hydrogen-bond donors (Lipinski definition) is 1. The van der Waals surface area contributed by atoms with E-state index in [0.717, 1.165) is 25.1 Å². The summed E-state index contributed by atoms with van der Waals surface area (Å²) in [7, 11) is 0. The first-order chi connectivity index (χ1) is 16.4. The second kappa shape index (κ2) is 13.2. The summed E-state index contributed by atoms with van der Waals surface area (Å²) in [6, 6.07) is 10.0. The molecule has 2 atom stereocenters. The van der Waals surface area contributed by atoms with Crippen molar-refractivity contribution in [3.05, 3.63) is 51.7 Å². The average molecular weight is 489 g/mol. The average Bonchev–Trinajstić information content (AvgIpc) is 3.27. The normalized spacial score (nSPS) is 16.7. The lowest BCUT2D eigenvalue weighted by molar-refractivity contribution is -0.136. The van der Waals surface area contributed by atoms with Gasteiger partial charge in [0.2, 0.25) is 5.91 Å². The Morgan fingerprint density at radius 2 is 2.00 bits per heavy atom. The van der Waals surface area contributed by atoms with Crippen LogP contribution in [0.1, 0.15) is 49.2 Å². The molecule has 0 unspecified atom stereocenters. The van der Waals surface area contributed by atoms with Crippen LogP contribution in [0, 0.1) is 12.8 Å². The molecule has 0 saturated heterocycles. The predicted molar refractivity (Wildman–Crippen MR) is 138 cm³/mol. The van der Waals surface area contributed by atoms with E-state index in [1.54, 1.807) is 11.3 Å². The van der Waals surface area contributed by atoms with Crippen molar-refractivity contribution in [2.24, 2.45) is 5.92 Å². The van der Waals surface area contributed by atoms with Crippen molar-refractivity contribution in [2.45, 2.75) is 52.7 Å². The molecule has 6 nitrogen and oxygen atoms in total. The maximum atomic E-state index is 13.5. The van der Waals surface area contributed by atoms with Gasteiger partial charge in [-0.15, -0.1) is 11.3 Å². The fraction of sp³-hybridized carbons (Fsp3) is 0.593. The molecule has 0 saturated carbocycles. The smallest absolute Gasteiger partial charge is 0.237 e. The fourth-order valence-electron chi connectivity index (χ4n) is 4.31. The Morgan fingerprint density at radius 3 is 2.71 bits per heavy atom. The maximum absolute atomic E-state index is 13.5. The monoisotopic (exact) mass is 488 g/mol. The van der Waals surface area contributed by atoms with E-state index in [4.69, 9.17) is 9.47 Å². The van der Waals surface area contributed by atoms with Crippen LogP contribution in [0.3, 0.4) is 0 Å². The van der Waals surface area contributed by atoms with Crippen molar-refractivity contribution < 1.29 is 19.4 Å². The van der Waals surface area contributed by atoms with E-state index in [2.05, 4.69) is 39.1 Å². The highest BCUT2D eigenvalue weighted by Gasteiger charge is 2.33. The molecular formula is C27H40N2O4S. The van der Waals surface area contributed by atoms with Crippen molar-refractivity contribution in [3.8, 4) is 5.75 Å². The highest BCUT2D eigenvalue weighted by atomic mass is 32.1. The number of ether oxygens (including phenoxy) is 2. The molecule has 0 spiro atoms. The van der Waals surface area contributed by atoms with Gasteiger partial charge in [-0.3, -0.25) is 9.69 Å². The Bertz CT molecular complexity index is 883. The molecule has 1 amide bonds. The molecule has 1 aromatic heterocycles. The lowest BCUT2D eigenvalue weighted by Gasteiger charge is -2.37. The molecule has 34 heavy (non-hydrogen) atoms. The van der Waals surface area contributed by atoms with Crippen LogP contribution < -0.4 is 4.74 Å². The van der Waals surface area contributed by atoms with Crippen LogP contribution in [0.4, 0.5) is 0 Å². The third-order valence-corrected chi connectivity index (χ3v) is 6.97. The molecule has 1 aromatic carbocycles. The Morgan fingerprint density at radius 1 is 1.24 bits per heavy atom. The van der Waals surface area contributed by atoms with Crippen LogP contribution in [0.15, 0.2) is 35.7 Å². The molecule has 1 N–H and O–H groups in total. The van der Waals surface area contributed by atoms with E-state index in [0.29, 0.717) is 38.8 Å². The number of hydrogen-bond acceptors (Lipinski definition) is 6. The Hall–Kier alpha value is -1.93. The highest BCUT2D eigenvalue weighted by Crippen LogP contribution is 2.34. The van der Waals surface area contributed by atoms with Gasteiger partial charge in [0.05, 0.1) is 25.3 Å². The first-order valence-electron chi connectivity index (χ1n) is 12.4. The zero-order valence-corrected chi connectivity index (χ0v) is 21.9. The third-order valence-electron chi connectivity index (χ3n) is 5.97. The molecule has 0 radical (unpaired) electrons. The van der Waals surface area contributed by atoms with Crippen molar-refractivity contribution in [1.29, 1.82) is 0 Å². The third kappa shape index (κ3) is 7.80. The van der Waals surface area contributed by atoms with E-state index in [-0.39, 0.29) is 18.5 Å². The molecule has 188 valence electrons. The van der Waals surface area contributed by atoms with E-state index in [1.807, 2.05) is 34.1 Å². The summed E-state index contributed by atoms with van der Waals surface area (Å²) in [5.41, 5.74) is 2.38. The number of carbonyl (C=O) groups excluding carboxylic acids is 1. The van der Waals surface area contributed by atoms with Crippen LogP contribution in [-0.4, -0.2) is 72.9 Å². The van der Waals surface area contributed by atoms with Gasteiger partial charge in [-0.2, -0.15) is 0 Å². The van der Waals surface area contributed by atoms with E-state index < -0.39 is 6.10 Å². The molecule has 2 aromatic rings. The summed E-state index contributed by atoms with van der Waals surface area (Å²) in [6.45, 7) is 11.8. The summed E-state index contributed by atoms with van der Waals surface area (Å²) in [6.07, 6.45) is 1.18. The molecule has 0 bridgehead atoms. The van der Waals surface area contributed by atoms with Gasteiger partial charge in [-0.25, -0.2) is 0 Å². The maximum Gasteiger partial charge on any atom is 0.237 e. The van der Waals surface area contributed by atoms with E-state index in [9.17, 15) is 9.90 Å². The summed E-state index contributed by atoms with van der Waals surface area (Å²) in [5, 5.41) is 12.6. The fourth-order valence-corrected chi connectivity index (χ4v) is 5.24. The molecule has 0 fully saturated rings. The quantitative estimate of drug-likeness (QED) is 0.455. The molecule has 1 aliphatic rings. The molecule has 7 heteroatoms. The minimum Gasteiger partial charge on any atom is -0.491 e. The summed E-state index contributed by atoms with van der Waals surface area (Å²) in [5.74, 6) is 1.33. The van der Waals surface area contributed by atoms with Crippen molar-refractivity contribution in [3.63, 3.8) is 0 Å². The first-order valence-corrected chi connectivity index (χ1v) is 13.3. The summed E-state index contributed by atoms with van der Waals surface area (Å²) in [4.78, 5) is 18.8. The largest absolute Gasteiger partial charge is 0.491 e. The number of carbonyl (C=O) groups is 1. The van der Waals surface area contributed by atoms with Crippen molar-refractivity contribution in [1.82, 2.24) is 9.80 Å². The first kappa shape index (κ1) is 26.7.